The van der Waals surface area contributed by atoms with Gasteiger partial charge in [0.15, 0.2) is 5.69 Å². The number of aryl methyl sites for hydroxylation is 1. The molecule has 4 nitrogen and oxygen atoms in total. The molecular weight excluding hydrogens is 352 g/mol. The number of anilines is 1. The zero-order valence-corrected chi connectivity index (χ0v) is 13.0. The van der Waals surface area contributed by atoms with Crippen LogP contribution in [0.2, 0.25) is 0 Å². The number of carbonyl (C=O) groups excluding carboxylic acids is 1. The fourth-order valence-electron chi connectivity index (χ4n) is 1.67. The summed E-state index contributed by atoms with van der Waals surface area (Å²) < 4.78 is 29.7. The first-order chi connectivity index (χ1) is 9.40. The molecule has 0 saturated heterocycles. The van der Waals surface area contributed by atoms with Crippen LogP contribution in [0.4, 0.5) is 14.5 Å². The van der Waals surface area contributed by atoms with E-state index in [9.17, 15) is 13.6 Å². The Morgan fingerprint density at radius 3 is 2.70 bits per heavy atom. The molecule has 0 spiro atoms. The summed E-state index contributed by atoms with van der Waals surface area (Å²) in [6.45, 7) is 1.88. The van der Waals surface area contributed by atoms with E-state index in [-0.39, 0.29) is 4.88 Å². The fraction of sp³-hybridized carbons (Fsp3) is 0.250. The van der Waals surface area contributed by atoms with Crippen molar-refractivity contribution in [2.24, 2.45) is 0 Å². The largest absolute Gasteiger partial charge is 0.311 e. The van der Waals surface area contributed by atoms with Crippen molar-refractivity contribution in [2.45, 2.75) is 13.3 Å². The summed E-state index contributed by atoms with van der Waals surface area (Å²) >= 11 is 4.01. The first-order valence-corrected chi connectivity index (χ1v) is 7.12. The minimum absolute atomic E-state index is 0.139. The van der Waals surface area contributed by atoms with Crippen molar-refractivity contribution in [3.05, 3.63) is 38.8 Å². The van der Waals surface area contributed by atoms with E-state index in [2.05, 4.69) is 25.5 Å². The van der Waals surface area contributed by atoms with E-state index in [4.69, 9.17) is 0 Å². The van der Waals surface area contributed by atoms with Crippen LogP contribution in [0.1, 0.15) is 27.4 Å². The Morgan fingerprint density at radius 1 is 1.40 bits per heavy atom. The molecule has 0 aliphatic heterocycles. The second kappa shape index (κ2) is 5.92. The van der Waals surface area contributed by atoms with E-state index < -0.39 is 18.0 Å². The quantitative estimate of drug-likeness (QED) is 0.834. The van der Waals surface area contributed by atoms with E-state index in [1.54, 1.807) is 12.1 Å². The highest BCUT2D eigenvalue weighted by molar-refractivity contribution is 9.10. The van der Waals surface area contributed by atoms with Gasteiger partial charge in [0.2, 0.25) is 0 Å². The molecule has 106 valence electrons. The Balaban J connectivity index is 2.35. The molecule has 2 rings (SSSR count). The highest BCUT2D eigenvalue weighted by Crippen LogP contribution is 2.27. The van der Waals surface area contributed by atoms with Crippen molar-refractivity contribution < 1.29 is 13.6 Å². The van der Waals surface area contributed by atoms with Gasteiger partial charge in [-0.3, -0.25) is 4.79 Å². The molecule has 0 aliphatic carbocycles. The zero-order chi connectivity index (χ0) is 14.9. The molecule has 1 aromatic carbocycles. The summed E-state index contributed by atoms with van der Waals surface area (Å²) in [5, 5.41) is 3.31. The van der Waals surface area contributed by atoms with Gasteiger partial charge in [0, 0.05) is 17.2 Å². The number of benzene rings is 1. The normalized spacial score (nSPS) is 10.9. The minimum Gasteiger partial charge on any atom is -0.311 e. The van der Waals surface area contributed by atoms with Gasteiger partial charge in [-0.15, -0.1) is 5.10 Å². The highest BCUT2D eigenvalue weighted by atomic mass is 79.9. The lowest BCUT2D eigenvalue weighted by molar-refractivity contribution is 0.0981. The third-order valence-electron chi connectivity index (χ3n) is 2.63. The lowest BCUT2D eigenvalue weighted by Crippen LogP contribution is -2.26. The molecule has 0 bridgehead atoms. The van der Waals surface area contributed by atoms with Crippen LogP contribution >= 0.6 is 27.5 Å². The Hall–Kier alpha value is -1.41. The Bertz CT molecular complexity index is 627. The number of alkyl halides is 2. The number of halogens is 3. The maximum Gasteiger partial charge on any atom is 0.283 e. The van der Waals surface area contributed by atoms with Gasteiger partial charge in [-0.2, -0.15) is 0 Å². The lowest BCUT2D eigenvalue weighted by Gasteiger charge is -2.17. The van der Waals surface area contributed by atoms with Crippen LogP contribution in [0.3, 0.4) is 0 Å². The number of nitrogens with zero attached hydrogens (tertiary/aromatic N) is 3. The van der Waals surface area contributed by atoms with E-state index >= 15 is 0 Å². The van der Waals surface area contributed by atoms with Gasteiger partial charge >= 0.3 is 0 Å². The standard InChI is InChI=1S/C12H10BrF2N3OS/c1-6-3-7(13)5-8(4-6)18(2)12(19)10-9(11(14)15)16-17-20-10/h3-5,11H,1-2H3. The number of aromatic nitrogens is 2. The van der Waals surface area contributed by atoms with Crippen molar-refractivity contribution in [3.63, 3.8) is 0 Å². The van der Waals surface area contributed by atoms with Crippen molar-refractivity contribution in [3.8, 4) is 0 Å². The molecule has 0 N–H and O–H groups in total. The molecule has 1 aromatic heterocycles. The second-order valence-corrected chi connectivity index (χ2v) is 5.81. The molecular formula is C12H10BrF2N3OS. The van der Waals surface area contributed by atoms with Gasteiger partial charge in [0.05, 0.1) is 0 Å². The van der Waals surface area contributed by atoms with Gasteiger partial charge in [0.25, 0.3) is 12.3 Å². The molecule has 0 atom stereocenters. The predicted molar refractivity (Wildman–Crippen MR) is 76.5 cm³/mol. The highest BCUT2D eigenvalue weighted by Gasteiger charge is 2.26. The van der Waals surface area contributed by atoms with E-state index in [0.29, 0.717) is 17.2 Å². The number of rotatable bonds is 3. The molecule has 8 heteroatoms. The molecule has 0 radical (unpaired) electrons. The Kier molecular flexibility index (Phi) is 4.44. The average Bonchev–Trinajstić information content (AvgIpc) is 2.85. The summed E-state index contributed by atoms with van der Waals surface area (Å²) in [7, 11) is 1.53. The second-order valence-electron chi connectivity index (χ2n) is 4.14. The molecule has 2 aromatic rings. The summed E-state index contributed by atoms with van der Waals surface area (Å²) in [6.07, 6.45) is -2.81. The van der Waals surface area contributed by atoms with Crippen LogP contribution in [-0.2, 0) is 0 Å². The molecule has 0 unspecified atom stereocenters. The smallest absolute Gasteiger partial charge is 0.283 e. The lowest BCUT2D eigenvalue weighted by atomic mass is 10.2. The van der Waals surface area contributed by atoms with E-state index in [0.717, 1.165) is 10.0 Å². The summed E-state index contributed by atoms with van der Waals surface area (Å²) in [5.41, 5.74) is 0.986. The average molecular weight is 362 g/mol. The molecule has 1 heterocycles. The van der Waals surface area contributed by atoms with Gasteiger partial charge in [-0.25, -0.2) is 8.78 Å². The summed E-state index contributed by atoms with van der Waals surface area (Å²) in [6, 6.07) is 5.42. The van der Waals surface area contributed by atoms with Crippen LogP contribution in [0, 0.1) is 6.92 Å². The molecule has 0 fully saturated rings. The minimum atomic E-state index is -2.81. The van der Waals surface area contributed by atoms with Crippen molar-refractivity contribution in [2.75, 3.05) is 11.9 Å². The van der Waals surface area contributed by atoms with Gasteiger partial charge in [0.1, 0.15) is 4.88 Å². The molecule has 1 amide bonds. The monoisotopic (exact) mass is 361 g/mol. The Morgan fingerprint density at radius 2 is 2.10 bits per heavy atom. The van der Waals surface area contributed by atoms with Crippen LogP contribution in [-0.4, -0.2) is 22.5 Å². The number of carbonyl (C=O) groups is 1. The third-order valence-corrected chi connectivity index (χ3v) is 3.82. The third kappa shape index (κ3) is 3.01. The van der Waals surface area contributed by atoms with Crippen LogP contribution in [0.25, 0.3) is 0 Å². The summed E-state index contributed by atoms with van der Waals surface area (Å²) in [4.78, 5) is 13.4. The Labute approximate surface area is 126 Å². The van der Waals surface area contributed by atoms with Gasteiger partial charge in [-0.1, -0.05) is 20.4 Å². The van der Waals surface area contributed by atoms with Gasteiger partial charge in [-0.05, 0) is 42.2 Å². The van der Waals surface area contributed by atoms with Gasteiger partial charge < -0.3 is 4.90 Å². The van der Waals surface area contributed by atoms with E-state index in [1.807, 2.05) is 13.0 Å². The maximum atomic E-state index is 12.7. The topological polar surface area (TPSA) is 46.1 Å². The van der Waals surface area contributed by atoms with E-state index in [1.165, 1.54) is 11.9 Å². The van der Waals surface area contributed by atoms with Crippen molar-refractivity contribution in [1.82, 2.24) is 9.59 Å². The number of hydrogen-bond donors (Lipinski definition) is 0. The molecule has 20 heavy (non-hydrogen) atoms. The summed E-state index contributed by atoms with van der Waals surface area (Å²) in [5.74, 6) is -0.548. The number of amides is 1. The maximum absolute atomic E-state index is 12.7. The predicted octanol–water partition coefficient (Wildman–Crippen LogP) is 3.82. The fourth-order valence-corrected chi connectivity index (χ4v) is 2.91. The first kappa shape index (κ1) is 15.0. The van der Waals surface area contributed by atoms with Crippen molar-refractivity contribution in [1.29, 1.82) is 0 Å². The zero-order valence-electron chi connectivity index (χ0n) is 10.6. The first-order valence-electron chi connectivity index (χ1n) is 5.56. The number of hydrogen-bond acceptors (Lipinski definition) is 4. The SMILES string of the molecule is Cc1cc(Br)cc(N(C)C(=O)c2snnc2C(F)F)c1. The molecule has 0 aliphatic rings. The van der Waals surface area contributed by atoms with Crippen LogP contribution in [0.5, 0.6) is 0 Å². The van der Waals surface area contributed by atoms with Crippen LogP contribution < -0.4 is 4.90 Å². The van der Waals surface area contributed by atoms with Crippen LogP contribution in [0.15, 0.2) is 22.7 Å². The van der Waals surface area contributed by atoms with Crippen molar-refractivity contribution >= 4 is 39.1 Å². The molecule has 0 saturated carbocycles.